The number of carbonyl (C=O) groups excluding carboxylic acids is 4. The largest absolute Gasteiger partial charge is 0.284 e. The van der Waals surface area contributed by atoms with Crippen LogP contribution in [0.15, 0.2) is 12.1 Å². The van der Waals surface area contributed by atoms with Gasteiger partial charge in [0.2, 0.25) is 5.91 Å². The maximum Gasteiger partial charge on any atom is 0.265 e. The lowest BCUT2D eigenvalue weighted by molar-refractivity contribution is -0.149. The molecular weight excluding hydrogens is 291 g/mol. The number of benzene rings is 1. The number of amides is 4. The highest BCUT2D eigenvalue weighted by Gasteiger charge is 2.47. The molecule has 1 aromatic rings. The molecule has 0 N–H and O–H groups in total. The second kappa shape index (κ2) is 4.72. The first-order valence-corrected chi connectivity index (χ1v) is 6.82. The monoisotopic (exact) mass is 304 g/mol. The lowest BCUT2D eigenvalue weighted by Crippen LogP contribution is -2.54. The van der Waals surface area contributed by atoms with Crippen LogP contribution < -0.4 is 0 Å². The lowest BCUT2D eigenvalue weighted by atomic mass is 10.0. The van der Waals surface area contributed by atoms with E-state index in [0.717, 1.165) is 9.80 Å². The Balaban J connectivity index is 2.03. The van der Waals surface area contributed by atoms with Crippen LogP contribution in [0.3, 0.4) is 0 Å². The van der Waals surface area contributed by atoms with Crippen LogP contribution in [0.4, 0.5) is 4.39 Å². The Bertz CT molecular complexity index is 743. The van der Waals surface area contributed by atoms with Crippen molar-refractivity contribution < 1.29 is 23.6 Å². The van der Waals surface area contributed by atoms with Gasteiger partial charge in [0.15, 0.2) is 0 Å². The van der Waals surface area contributed by atoms with Crippen LogP contribution in [-0.2, 0) is 9.59 Å². The maximum atomic E-state index is 14.2. The smallest absolute Gasteiger partial charge is 0.265 e. The Hall–Kier alpha value is -2.57. The van der Waals surface area contributed by atoms with Gasteiger partial charge < -0.3 is 0 Å². The van der Waals surface area contributed by atoms with Gasteiger partial charge in [-0.2, -0.15) is 0 Å². The molecule has 114 valence electrons. The van der Waals surface area contributed by atoms with Gasteiger partial charge in [0, 0.05) is 13.5 Å². The average Bonchev–Trinajstić information content (AvgIpc) is 2.73. The quantitative estimate of drug-likeness (QED) is 0.722. The van der Waals surface area contributed by atoms with Gasteiger partial charge >= 0.3 is 0 Å². The predicted octanol–water partition coefficient (Wildman–Crippen LogP) is 0.878. The molecule has 1 atom stereocenters. The lowest BCUT2D eigenvalue weighted by Gasteiger charge is -2.32. The van der Waals surface area contributed by atoms with E-state index in [1.807, 2.05) is 0 Å². The van der Waals surface area contributed by atoms with Crippen molar-refractivity contribution in [3.8, 4) is 0 Å². The molecule has 0 radical (unpaired) electrons. The summed E-state index contributed by atoms with van der Waals surface area (Å²) in [5, 5.41) is 0. The molecule has 6 nitrogen and oxygen atoms in total. The number of hydrogen-bond donors (Lipinski definition) is 0. The van der Waals surface area contributed by atoms with Crippen molar-refractivity contribution in [2.75, 3.05) is 7.05 Å². The Kier molecular flexibility index (Phi) is 3.09. The SMILES string of the molecule is Cc1ccc2c(c1F)C(=O)N(C1CCC(=O)N(C)C1=O)C2=O. The van der Waals surface area contributed by atoms with E-state index in [1.54, 1.807) is 0 Å². The van der Waals surface area contributed by atoms with Gasteiger partial charge in [-0.3, -0.25) is 29.0 Å². The molecular formula is C15H13FN2O4. The summed E-state index contributed by atoms with van der Waals surface area (Å²) in [4.78, 5) is 50.2. The van der Waals surface area contributed by atoms with Crippen LogP contribution in [0.5, 0.6) is 0 Å². The highest BCUT2D eigenvalue weighted by molar-refractivity contribution is 6.23. The van der Waals surface area contributed by atoms with Crippen molar-refractivity contribution in [1.29, 1.82) is 0 Å². The number of likely N-dealkylation sites (tertiary alicyclic amines) is 1. The summed E-state index contributed by atoms with van der Waals surface area (Å²) >= 11 is 0. The standard InChI is InChI=1S/C15H13FN2O4/c1-7-3-4-8-11(12(7)16)15(22)18(13(8)20)9-5-6-10(19)17(2)14(9)21/h3-4,9H,5-6H2,1-2H3. The topological polar surface area (TPSA) is 74.8 Å². The number of halogens is 1. The van der Waals surface area contributed by atoms with E-state index >= 15 is 0 Å². The Morgan fingerprint density at radius 3 is 2.50 bits per heavy atom. The Morgan fingerprint density at radius 1 is 1.14 bits per heavy atom. The van der Waals surface area contributed by atoms with Crippen molar-refractivity contribution >= 4 is 23.6 Å². The molecule has 0 saturated carbocycles. The van der Waals surface area contributed by atoms with Crippen LogP contribution in [0, 0.1) is 12.7 Å². The molecule has 7 heteroatoms. The number of carbonyl (C=O) groups is 4. The molecule has 0 aromatic heterocycles. The zero-order valence-corrected chi connectivity index (χ0v) is 12.1. The van der Waals surface area contributed by atoms with E-state index in [2.05, 4.69) is 0 Å². The minimum Gasteiger partial charge on any atom is -0.284 e. The molecule has 1 fully saturated rings. The molecule has 2 aliphatic heterocycles. The highest BCUT2D eigenvalue weighted by atomic mass is 19.1. The van der Waals surface area contributed by atoms with Crippen LogP contribution in [0.1, 0.15) is 39.1 Å². The van der Waals surface area contributed by atoms with E-state index in [-0.39, 0.29) is 35.4 Å². The Morgan fingerprint density at radius 2 is 1.82 bits per heavy atom. The summed E-state index contributed by atoms with van der Waals surface area (Å²) in [6, 6.07) is 1.74. The average molecular weight is 304 g/mol. The third-order valence-electron chi connectivity index (χ3n) is 4.15. The molecule has 1 saturated heterocycles. The molecule has 1 unspecified atom stereocenters. The first-order valence-electron chi connectivity index (χ1n) is 6.82. The number of aryl methyl sites for hydroxylation is 1. The van der Waals surface area contributed by atoms with Crippen LogP contribution in [-0.4, -0.2) is 46.5 Å². The van der Waals surface area contributed by atoms with Crippen molar-refractivity contribution in [3.05, 3.63) is 34.6 Å². The third kappa shape index (κ3) is 1.78. The normalized spacial score (nSPS) is 21.7. The fourth-order valence-electron chi connectivity index (χ4n) is 2.83. The minimum absolute atomic E-state index is 0.0412. The maximum absolute atomic E-state index is 14.2. The first-order chi connectivity index (χ1) is 10.3. The number of rotatable bonds is 1. The third-order valence-corrected chi connectivity index (χ3v) is 4.15. The fourth-order valence-corrected chi connectivity index (χ4v) is 2.83. The zero-order chi connectivity index (χ0) is 16.2. The van der Waals surface area contributed by atoms with Crippen molar-refractivity contribution in [2.45, 2.75) is 25.8 Å². The van der Waals surface area contributed by atoms with Crippen molar-refractivity contribution in [1.82, 2.24) is 9.80 Å². The zero-order valence-electron chi connectivity index (χ0n) is 12.1. The van der Waals surface area contributed by atoms with Crippen LogP contribution >= 0.6 is 0 Å². The molecule has 2 heterocycles. The summed E-state index contributed by atoms with van der Waals surface area (Å²) in [6.07, 6.45) is 0.121. The number of imide groups is 2. The summed E-state index contributed by atoms with van der Waals surface area (Å²) in [7, 11) is 1.31. The fraction of sp³-hybridized carbons (Fsp3) is 0.333. The highest BCUT2D eigenvalue weighted by Crippen LogP contribution is 2.31. The summed E-state index contributed by atoms with van der Waals surface area (Å²) in [5.74, 6) is -3.24. The molecule has 0 aliphatic carbocycles. The van der Waals surface area contributed by atoms with Gasteiger partial charge in [-0.05, 0) is 25.0 Å². The second-order valence-corrected chi connectivity index (χ2v) is 5.44. The van der Waals surface area contributed by atoms with Crippen molar-refractivity contribution in [2.24, 2.45) is 0 Å². The van der Waals surface area contributed by atoms with E-state index < -0.39 is 29.6 Å². The van der Waals surface area contributed by atoms with Crippen molar-refractivity contribution in [3.63, 3.8) is 0 Å². The molecule has 3 rings (SSSR count). The molecule has 2 aliphatic rings. The van der Waals surface area contributed by atoms with Crippen LogP contribution in [0.25, 0.3) is 0 Å². The molecule has 0 spiro atoms. The Labute approximate surface area is 125 Å². The van der Waals surface area contributed by atoms with Gasteiger partial charge in [-0.25, -0.2) is 4.39 Å². The number of nitrogens with zero attached hydrogens (tertiary/aromatic N) is 2. The number of piperidine rings is 1. The van der Waals surface area contributed by atoms with E-state index in [9.17, 15) is 23.6 Å². The minimum atomic E-state index is -1.06. The number of fused-ring (bicyclic) bond motifs is 1. The summed E-state index contributed by atoms with van der Waals surface area (Å²) in [5.41, 5.74) is -0.0816. The van der Waals surface area contributed by atoms with E-state index in [1.165, 1.54) is 26.1 Å². The predicted molar refractivity (Wildman–Crippen MR) is 72.4 cm³/mol. The second-order valence-electron chi connectivity index (χ2n) is 5.44. The van der Waals surface area contributed by atoms with Gasteiger partial charge in [0.1, 0.15) is 11.9 Å². The molecule has 4 amide bonds. The van der Waals surface area contributed by atoms with Crippen LogP contribution in [0.2, 0.25) is 0 Å². The molecule has 22 heavy (non-hydrogen) atoms. The van der Waals surface area contributed by atoms with Gasteiger partial charge in [0.25, 0.3) is 17.7 Å². The number of likely N-dealkylation sites (N-methyl/N-ethyl adjacent to an activating group) is 1. The van der Waals surface area contributed by atoms with E-state index in [4.69, 9.17) is 0 Å². The van der Waals surface area contributed by atoms with Gasteiger partial charge in [-0.1, -0.05) is 6.07 Å². The molecule has 1 aromatic carbocycles. The van der Waals surface area contributed by atoms with Gasteiger partial charge in [-0.15, -0.1) is 0 Å². The van der Waals surface area contributed by atoms with E-state index in [0.29, 0.717) is 0 Å². The first kappa shape index (κ1) is 14.4. The summed E-state index contributed by atoms with van der Waals surface area (Å²) in [6.45, 7) is 1.49. The summed E-state index contributed by atoms with van der Waals surface area (Å²) < 4.78 is 14.2. The van der Waals surface area contributed by atoms with Gasteiger partial charge in [0.05, 0.1) is 11.1 Å². The number of hydrogen-bond acceptors (Lipinski definition) is 4. The molecule has 0 bridgehead atoms.